The Morgan fingerprint density at radius 3 is 2.66 bits per heavy atom. The predicted octanol–water partition coefficient (Wildman–Crippen LogP) is 3.10. The van der Waals surface area contributed by atoms with Crippen molar-refractivity contribution in [1.82, 2.24) is 20.5 Å². The van der Waals surface area contributed by atoms with Crippen LogP contribution in [0.25, 0.3) is 0 Å². The lowest BCUT2D eigenvalue weighted by molar-refractivity contribution is 0.245. The van der Waals surface area contributed by atoms with Gasteiger partial charge in [-0.1, -0.05) is 36.4 Å². The molecule has 0 saturated carbocycles. The molecule has 0 bridgehead atoms. The number of aromatic nitrogens is 1. The van der Waals surface area contributed by atoms with E-state index in [2.05, 4.69) is 55.8 Å². The number of aliphatic imine (C=N–C) groups is 1. The van der Waals surface area contributed by atoms with Gasteiger partial charge in [-0.3, -0.25) is 9.89 Å². The van der Waals surface area contributed by atoms with Crippen molar-refractivity contribution >= 4 is 35.8 Å². The summed E-state index contributed by atoms with van der Waals surface area (Å²) in [6.45, 7) is 3.73. The van der Waals surface area contributed by atoms with Crippen molar-refractivity contribution in [3.63, 3.8) is 0 Å². The van der Waals surface area contributed by atoms with Crippen LogP contribution in [0.15, 0.2) is 53.5 Å². The lowest BCUT2D eigenvalue weighted by atomic mass is 10.2. The standard InChI is InChI=1S/C22H32N6.HI/c1-23-22(24-15-19-11-7-13-21(26-19)27(2)3)25-16-20-12-8-14-28(20)17-18-9-5-4-6-10-18;/h4-7,9-11,13,20H,8,12,14-17H2,1-3H3,(H2,23,24,25);1H. The van der Waals surface area contributed by atoms with Gasteiger partial charge in [0.15, 0.2) is 5.96 Å². The summed E-state index contributed by atoms with van der Waals surface area (Å²) in [6, 6.07) is 17.3. The Balaban J connectivity index is 0.00000300. The molecule has 6 nitrogen and oxygen atoms in total. The fourth-order valence-corrected chi connectivity index (χ4v) is 3.58. The van der Waals surface area contributed by atoms with Gasteiger partial charge in [0.2, 0.25) is 0 Å². The number of halogens is 1. The Morgan fingerprint density at radius 2 is 1.93 bits per heavy atom. The van der Waals surface area contributed by atoms with Crippen LogP contribution in [0, 0.1) is 0 Å². The summed E-state index contributed by atoms with van der Waals surface area (Å²) < 4.78 is 0. The maximum Gasteiger partial charge on any atom is 0.191 e. The molecule has 1 unspecified atom stereocenters. The fraction of sp³-hybridized carbons (Fsp3) is 0.455. The molecule has 3 rings (SSSR count). The molecule has 2 heterocycles. The highest BCUT2D eigenvalue weighted by Crippen LogP contribution is 2.19. The Labute approximate surface area is 191 Å². The molecule has 2 N–H and O–H groups in total. The Bertz CT molecular complexity index is 765. The lowest BCUT2D eigenvalue weighted by Gasteiger charge is -2.25. The van der Waals surface area contributed by atoms with Crippen LogP contribution < -0.4 is 15.5 Å². The van der Waals surface area contributed by atoms with E-state index >= 15 is 0 Å². The third-order valence-electron chi connectivity index (χ3n) is 5.14. The third kappa shape index (κ3) is 7.15. The second-order valence-corrected chi connectivity index (χ2v) is 7.44. The summed E-state index contributed by atoms with van der Waals surface area (Å²) in [5.74, 6) is 1.79. The first-order valence-corrected chi connectivity index (χ1v) is 10.0. The number of hydrogen-bond donors (Lipinski definition) is 2. The number of rotatable bonds is 7. The predicted molar refractivity (Wildman–Crippen MR) is 132 cm³/mol. The average molecular weight is 508 g/mol. The van der Waals surface area contributed by atoms with Crippen LogP contribution in [0.4, 0.5) is 5.82 Å². The number of nitrogens with one attached hydrogen (secondary N) is 2. The van der Waals surface area contributed by atoms with E-state index in [1.807, 2.05) is 44.2 Å². The molecule has 1 aliphatic heterocycles. The molecule has 0 spiro atoms. The van der Waals surface area contributed by atoms with Crippen molar-refractivity contribution in [3.8, 4) is 0 Å². The number of pyridine rings is 1. The molecule has 2 aromatic rings. The van der Waals surface area contributed by atoms with Crippen molar-refractivity contribution < 1.29 is 0 Å². The van der Waals surface area contributed by atoms with Gasteiger partial charge in [0, 0.05) is 40.3 Å². The van der Waals surface area contributed by atoms with E-state index in [0.29, 0.717) is 12.6 Å². The van der Waals surface area contributed by atoms with Crippen LogP contribution in [0.5, 0.6) is 0 Å². The number of nitrogens with zero attached hydrogens (tertiary/aromatic N) is 4. The molecule has 7 heteroatoms. The van der Waals surface area contributed by atoms with Crippen molar-refractivity contribution in [2.75, 3.05) is 39.1 Å². The molecule has 29 heavy (non-hydrogen) atoms. The van der Waals surface area contributed by atoms with Gasteiger partial charge >= 0.3 is 0 Å². The highest BCUT2D eigenvalue weighted by molar-refractivity contribution is 14.0. The molecule has 1 saturated heterocycles. The second kappa shape index (κ2) is 12.0. The van der Waals surface area contributed by atoms with Gasteiger partial charge in [0.05, 0.1) is 12.2 Å². The van der Waals surface area contributed by atoms with Crippen LogP contribution >= 0.6 is 24.0 Å². The van der Waals surface area contributed by atoms with Crippen molar-refractivity contribution in [2.24, 2.45) is 4.99 Å². The van der Waals surface area contributed by atoms with Crippen molar-refractivity contribution in [1.29, 1.82) is 0 Å². The van der Waals surface area contributed by atoms with E-state index in [1.165, 1.54) is 18.4 Å². The van der Waals surface area contributed by atoms with Crippen molar-refractivity contribution in [3.05, 3.63) is 59.8 Å². The number of anilines is 1. The zero-order valence-corrected chi connectivity index (χ0v) is 20.0. The van der Waals surface area contributed by atoms with E-state index in [0.717, 1.165) is 37.1 Å². The topological polar surface area (TPSA) is 55.8 Å². The number of hydrogen-bond acceptors (Lipinski definition) is 4. The molecular formula is C22H33IN6. The lowest BCUT2D eigenvalue weighted by Crippen LogP contribution is -2.44. The number of benzene rings is 1. The fourth-order valence-electron chi connectivity index (χ4n) is 3.58. The van der Waals surface area contributed by atoms with Crippen LogP contribution in [0.3, 0.4) is 0 Å². The monoisotopic (exact) mass is 508 g/mol. The maximum absolute atomic E-state index is 4.65. The summed E-state index contributed by atoms with van der Waals surface area (Å²) in [5, 5.41) is 6.87. The SMILES string of the molecule is CN=C(NCc1cccc(N(C)C)n1)NCC1CCCN1Cc1ccccc1.I. The molecule has 0 radical (unpaired) electrons. The quantitative estimate of drug-likeness (QED) is 0.342. The van der Waals surface area contributed by atoms with Gasteiger partial charge in [-0.15, -0.1) is 24.0 Å². The first kappa shape index (κ1) is 23.4. The van der Waals surface area contributed by atoms with E-state index in [4.69, 9.17) is 0 Å². The second-order valence-electron chi connectivity index (χ2n) is 7.44. The van der Waals surface area contributed by atoms with Crippen LogP contribution in [-0.4, -0.2) is 56.1 Å². The van der Waals surface area contributed by atoms with Crippen LogP contribution in [-0.2, 0) is 13.1 Å². The molecule has 1 atom stereocenters. The van der Waals surface area contributed by atoms with Gasteiger partial charge in [-0.05, 0) is 37.1 Å². The highest BCUT2D eigenvalue weighted by atomic mass is 127. The minimum atomic E-state index is 0. The van der Waals surface area contributed by atoms with E-state index in [9.17, 15) is 0 Å². The summed E-state index contributed by atoms with van der Waals surface area (Å²) in [4.78, 5) is 13.6. The smallest absolute Gasteiger partial charge is 0.191 e. The van der Waals surface area contributed by atoms with E-state index < -0.39 is 0 Å². The van der Waals surface area contributed by atoms with Crippen molar-refractivity contribution in [2.45, 2.75) is 32.0 Å². The molecule has 1 aliphatic rings. The average Bonchev–Trinajstić information content (AvgIpc) is 3.16. The molecule has 158 valence electrons. The van der Waals surface area contributed by atoms with Crippen LogP contribution in [0.1, 0.15) is 24.1 Å². The first-order valence-electron chi connectivity index (χ1n) is 10.0. The largest absolute Gasteiger partial charge is 0.363 e. The molecule has 1 fully saturated rings. The normalized spacial score (nSPS) is 16.9. The third-order valence-corrected chi connectivity index (χ3v) is 5.14. The summed E-state index contributed by atoms with van der Waals surface area (Å²) in [5.41, 5.74) is 2.38. The van der Waals surface area contributed by atoms with Gasteiger partial charge in [-0.25, -0.2) is 4.98 Å². The Kier molecular flexibility index (Phi) is 9.66. The highest BCUT2D eigenvalue weighted by Gasteiger charge is 2.24. The molecule has 1 aromatic carbocycles. The molecule has 0 amide bonds. The zero-order valence-electron chi connectivity index (χ0n) is 17.6. The van der Waals surface area contributed by atoms with Gasteiger partial charge < -0.3 is 15.5 Å². The molecular weight excluding hydrogens is 475 g/mol. The van der Waals surface area contributed by atoms with Gasteiger partial charge in [0.25, 0.3) is 0 Å². The summed E-state index contributed by atoms with van der Waals surface area (Å²) in [6.07, 6.45) is 2.48. The van der Waals surface area contributed by atoms with Gasteiger partial charge in [0.1, 0.15) is 5.82 Å². The molecule has 0 aliphatic carbocycles. The zero-order chi connectivity index (χ0) is 19.8. The van der Waals surface area contributed by atoms with E-state index in [-0.39, 0.29) is 24.0 Å². The maximum atomic E-state index is 4.65. The summed E-state index contributed by atoms with van der Waals surface area (Å²) in [7, 11) is 5.82. The number of likely N-dealkylation sites (tertiary alicyclic amines) is 1. The Morgan fingerprint density at radius 1 is 1.14 bits per heavy atom. The van der Waals surface area contributed by atoms with E-state index in [1.54, 1.807) is 0 Å². The van der Waals surface area contributed by atoms with Crippen LogP contribution in [0.2, 0.25) is 0 Å². The molecule has 1 aromatic heterocycles. The Hall–Kier alpha value is -1.87. The minimum absolute atomic E-state index is 0. The first-order chi connectivity index (χ1) is 13.7. The summed E-state index contributed by atoms with van der Waals surface area (Å²) >= 11 is 0. The number of guanidine groups is 1. The van der Waals surface area contributed by atoms with Gasteiger partial charge in [-0.2, -0.15) is 0 Å². The minimum Gasteiger partial charge on any atom is -0.363 e.